The summed E-state index contributed by atoms with van der Waals surface area (Å²) in [5.74, 6) is 0.392. The average molecular weight is 387 g/mol. The molecule has 1 fully saturated rings. The first kappa shape index (κ1) is 20.4. The molecular formula is C21H29N3O4. The van der Waals surface area contributed by atoms with Crippen LogP contribution in [-0.4, -0.2) is 68.5 Å². The molecule has 1 aliphatic rings. The zero-order valence-electron chi connectivity index (χ0n) is 16.7. The number of nitrogens with one attached hydrogen (secondary N) is 1. The maximum Gasteiger partial charge on any atom is 0.341 e. The van der Waals surface area contributed by atoms with E-state index in [2.05, 4.69) is 15.2 Å². The number of benzene rings is 1. The first-order valence-electron chi connectivity index (χ1n) is 9.99. The Balaban J connectivity index is 1.79. The van der Waals surface area contributed by atoms with Crippen LogP contribution in [0.4, 0.5) is 5.69 Å². The molecule has 0 aliphatic carbocycles. The van der Waals surface area contributed by atoms with Gasteiger partial charge in [-0.05, 0) is 45.0 Å². The van der Waals surface area contributed by atoms with Crippen LogP contribution in [0.15, 0.2) is 24.4 Å². The van der Waals surface area contributed by atoms with Crippen molar-refractivity contribution < 1.29 is 19.0 Å². The van der Waals surface area contributed by atoms with Gasteiger partial charge in [-0.25, -0.2) is 4.79 Å². The lowest BCUT2D eigenvalue weighted by molar-refractivity contribution is 0.0378. The first-order chi connectivity index (χ1) is 13.7. The quantitative estimate of drug-likeness (QED) is 0.524. The van der Waals surface area contributed by atoms with E-state index in [1.54, 1.807) is 13.1 Å². The number of carbonyl (C=O) groups is 1. The van der Waals surface area contributed by atoms with Crippen LogP contribution in [0, 0.1) is 0 Å². The molecule has 28 heavy (non-hydrogen) atoms. The van der Waals surface area contributed by atoms with Crippen LogP contribution >= 0.6 is 0 Å². The lowest BCUT2D eigenvalue weighted by atomic mass is 10.1. The molecule has 1 aromatic heterocycles. The molecule has 0 saturated carbocycles. The minimum atomic E-state index is -0.366. The topological polar surface area (TPSA) is 72.9 Å². The molecule has 3 rings (SSSR count). The van der Waals surface area contributed by atoms with Gasteiger partial charge in [-0.1, -0.05) is 0 Å². The average Bonchev–Trinajstić information content (AvgIpc) is 2.72. The van der Waals surface area contributed by atoms with Gasteiger partial charge in [0.1, 0.15) is 11.3 Å². The summed E-state index contributed by atoms with van der Waals surface area (Å²) in [5.41, 5.74) is 2.02. The number of hydrogen-bond acceptors (Lipinski definition) is 7. The zero-order valence-corrected chi connectivity index (χ0v) is 16.7. The highest BCUT2D eigenvalue weighted by atomic mass is 16.5. The van der Waals surface area contributed by atoms with Crippen LogP contribution in [0.3, 0.4) is 0 Å². The number of anilines is 1. The van der Waals surface area contributed by atoms with Crippen molar-refractivity contribution in [3.8, 4) is 5.75 Å². The predicted octanol–water partition coefficient (Wildman–Crippen LogP) is 2.94. The van der Waals surface area contributed by atoms with Crippen LogP contribution < -0.4 is 10.1 Å². The van der Waals surface area contributed by atoms with Gasteiger partial charge in [0, 0.05) is 31.2 Å². The number of esters is 1. The van der Waals surface area contributed by atoms with Gasteiger partial charge in [-0.2, -0.15) is 0 Å². The molecule has 1 aromatic carbocycles. The molecule has 152 valence electrons. The first-order valence-corrected chi connectivity index (χ1v) is 9.99. The normalized spacial score (nSPS) is 14.8. The fourth-order valence-corrected chi connectivity index (χ4v) is 3.32. The molecule has 7 nitrogen and oxygen atoms in total. The smallest absolute Gasteiger partial charge is 0.341 e. The number of morpholine rings is 1. The number of fused-ring (bicyclic) bond motifs is 1. The Labute approximate surface area is 166 Å². The molecule has 0 bridgehead atoms. The number of nitrogens with zero attached hydrogens (tertiary/aromatic N) is 2. The SMILES string of the molecule is CCOC(=O)c1cnc2ccc(OCC)cc2c1NCCCN1CCOCC1. The van der Waals surface area contributed by atoms with Crippen molar-refractivity contribution in [1.29, 1.82) is 0 Å². The Morgan fingerprint density at radius 3 is 2.82 bits per heavy atom. The van der Waals surface area contributed by atoms with Crippen LogP contribution in [0.5, 0.6) is 5.75 Å². The monoisotopic (exact) mass is 387 g/mol. The van der Waals surface area contributed by atoms with Gasteiger partial charge in [0.15, 0.2) is 0 Å². The van der Waals surface area contributed by atoms with Crippen molar-refractivity contribution in [2.75, 3.05) is 57.9 Å². The molecule has 0 amide bonds. The summed E-state index contributed by atoms with van der Waals surface area (Å²) in [7, 11) is 0. The van der Waals surface area contributed by atoms with Gasteiger partial charge in [0.2, 0.25) is 0 Å². The molecule has 0 unspecified atom stereocenters. The highest BCUT2D eigenvalue weighted by Crippen LogP contribution is 2.30. The number of ether oxygens (including phenoxy) is 3. The van der Waals surface area contributed by atoms with Gasteiger partial charge < -0.3 is 19.5 Å². The summed E-state index contributed by atoms with van der Waals surface area (Å²) in [6.45, 7) is 9.96. The molecule has 2 aromatic rings. The second-order valence-corrected chi connectivity index (χ2v) is 6.61. The van der Waals surface area contributed by atoms with Gasteiger partial charge >= 0.3 is 5.97 Å². The molecule has 0 spiro atoms. The number of aromatic nitrogens is 1. The van der Waals surface area contributed by atoms with Gasteiger partial charge in [-0.15, -0.1) is 0 Å². The van der Waals surface area contributed by atoms with E-state index in [0.717, 1.165) is 68.2 Å². The third kappa shape index (κ3) is 5.11. The van der Waals surface area contributed by atoms with E-state index in [0.29, 0.717) is 18.8 Å². The number of hydrogen-bond donors (Lipinski definition) is 1. The summed E-state index contributed by atoms with van der Waals surface area (Å²) >= 11 is 0. The zero-order chi connectivity index (χ0) is 19.8. The largest absolute Gasteiger partial charge is 0.494 e. The highest BCUT2D eigenvalue weighted by molar-refractivity contribution is 6.05. The highest BCUT2D eigenvalue weighted by Gasteiger charge is 2.17. The molecule has 0 radical (unpaired) electrons. The summed E-state index contributed by atoms with van der Waals surface area (Å²) in [6.07, 6.45) is 2.56. The van der Waals surface area contributed by atoms with E-state index in [9.17, 15) is 4.79 Å². The third-order valence-electron chi connectivity index (χ3n) is 4.70. The number of carbonyl (C=O) groups excluding carboxylic acids is 1. The third-order valence-corrected chi connectivity index (χ3v) is 4.70. The Morgan fingerprint density at radius 2 is 2.07 bits per heavy atom. The lowest BCUT2D eigenvalue weighted by Crippen LogP contribution is -2.37. The van der Waals surface area contributed by atoms with E-state index in [-0.39, 0.29) is 5.97 Å². The fraction of sp³-hybridized carbons (Fsp3) is 0.524. The molecular weight excluding hydrogens is 358 g/mol. The van der Waals surface area contributed by atoms with E-state index >= 15 is 0 Å². The summed E-state index contributed by atoms with van der Waals surface area (Å²) in [4.78, 5) is 19.3. The molecule has 1 aliphatic heterocycles. The minimum Gasteiger partial charge on any atom is -0.494 e. The Hall–Kier alpha value is -2.38. The van der Waals surface area contributed by atoms with Crippen LogP contribution in [-0.2, 0) is 9.47 Å². The standard InChI is InChI=1S/C21H29N3O4/c1-3-27-16-6-7-19-17(14-16)20(18(15-23-19)21(25)28-4-2)22-8-5-9-24-10-12-26-13-11-24/h6-7,14-15H,3-5,8-13H2,1-2H3,(H,22,23). The molecule has 7 heteroatoms. The molecule has 1 N–H and O–H groups in total. The Kier molecular flexibility index (Phi) is 7.45. The summed E-state index contributed by atoms with van der Waals surface area (Å²) in [6, 6.07) is 5.73. The van der Waals surface area contributed by atoms with Crippen LogP contribution in [0.2, 0.25) is 0 Å². The Bertz CT molecular complexity index is 791. The summed E-state index contributed by atoms with van der Waals surface area (Å²) < 4.78 is 16.2. The predicted molar refractivity (Wildman–Crippen MR) is 109 cm³/mol. The van der Waals surface area contributed by atoms with Crippen molar-refractivity contribution >= 4 is 22.6 Å². The minimum absolute atomic E-state index is 0.326. The maximum atomic E-state index is 12.4. The van der Waals surface area contributed by atoms with Crippen molar-refractivity contribution in [3.63, 3.8) is 0 Å². The van der Waals surface area contributed by atoms with Crippen molar-refractivity contribution in [1.82, 2.24) is 9.88 Å². The maximum absolute atomic E-state index is 12.4. The van der Waals surface area contributed by atoms with E-state index in [1.807, 2.05) is 25.1 Å². The van der Waals surface area contributed by atoms with Gasteiger partial charge in [0.05, 0.1) is 37.6 Å². The lowest BCUT2D eigenvalue weighted by Gasteiger charge is -2.26. The molecule has 2 heterocycles. The van der Waals surface area contributed by atoms with Gasteiger partial charge in [0.25, 0.3) is 0 Å². The van der Waals surface area contributed by atoms with Crippen molar-refractivity contribution in [2.45, 2.75) is 20.3 Å². The van der Waals surface area contributed by atoms with Crippen LogP contribution in [0.25, 0.3) is 10.9 Å². The number of pyridine rings is 1. The van der Waals surface area contributed by atoms with E-state index in [1.165, 1.54) is 0 Å². The second-order valence-electron chi connectivity index (χ2n) is 6.61. The molecule has 1 saturated heterocycles. The fourth-order valence-electron chi connectivity index (χ4n) is 3.32. The van der Waals surface area contributed by atoms with Crippen molar-refractivity contribution in [2.24, 2.45) is 0 Å². The van der Waals surface area contributed by atoms with E-state index < -0.39 is 0 Å². The molecule has 0 atom stereocenters. The summed E-state index contributed by atoms with van der Waals surface area (Å²) in [5, 5.41) is 4.31. The van der Waals surface area contributed by atoms with E-state index in [4.69, 9.17) is 14.2 Å². The Morgan fingerprint density at radius 1 is 1.25 bits per heavy atom. The second kappa shape index (κ2) is 10.2. The van der Waals surface area contributed by atoms with Crippen molar-refractivity contribution in [3.05, 3.63) is 30.0 Å². The van der Waals surface area contributed by atoms with Gasteiger partial charge in [-0.3, -0.25) is 9.88 Å². The number of rotatable bonds is 9. The van der Waals surface area contributed by atoms with Crippen LogP contribution in [0.1, 0.15) is 30.6 Å².